The Labute approximate surface area is 628 Å². The minimum Gasteiger partial charge on any atom is -0.455 e. The van der Waals surface area contributed by atoms with E-state index < -0.39 is 7.12 Å². The zero-order valence-corrected chi connectivity index (χ0v) is 59.9. The molecule has 0 fully saturated rings. The molecule has 2 N–H and O–H groups in total. The maximum absolute atomic E-state index is 9.31. The monoisotopic (exact) mass is 1460 g/mol. The van der Waals surface area contributed by atoms with Crippen molar-refractivity contribution in [2.75, 3.05) is 0 Å². The second-order valence-corrected chi connectivity index (χ2v) is 29.6. The van der Waals surface area contributed by atoms with Crippen molar-refractivity contribution in [1.29, 1.82) is 0 Å². The van der Waals surface area contributed by atoms with Crippen LogP contribution in [0.15, 0.2) is 318 Å². The average molecular weight is 1460 g/mol. The summed E-state index contributed by atoms with van der Waals surface area (Å²) >= 11 is 18.0. The lowest BCUT2D eigenvalue weighted by Gasteiger charge is -2.11. The Morgan fingerprint density at radius 1 is 0.274 bits per heavy atom. The zero-order valence-electron chi connectivity index (χ0n) is 55.9. The van der Waals surface area contributed by atoms with Gasteiger partial charge in [0.2, 0.25) is 0 Å². The highest BCUT2D eigenvalue weighted by Crippen LogP contribution is 2.49. The topological polar surface area (TPSA) is 144 Å². The van der Waals surface area contributed by atoms with Crippen molar-refractivity contribution in [1.82, 2.24) is 29.9 Å². The highest BCUT2D eigenvalue weighted by molar-refractivity contribution is 7.27. The van der Waals surface area contributed by atoms with Crippen LogP contribution in [0.5, 0.6) is 0 Å². The number of benzene rings is 14. The third-order valence-corrected chi connectivity index (χ3v) is 23.3. The molecule has 0 amide bonds. The van der Waals surface area contributed by atoms with E-state index >= 15 is 0 Å². The van der Waals surface area contributed by atoms with Crippen molar-refractivity contribution >= 4 is 174 Å². The number of fused-ring (bicyclic) bond motifs is 15. The molecule has 0 atom stereocenters. The first kappa shape index (κ1) is 64.7. The molecule has 0 unspecified atom stereocenters. The van der Waals surface area contributed by atoms with E-state index in [2.05, 4.69) is 115 Å². The Hall–Kier alpha value is -12.1. The molecule has 0 aliphatic carbocycles. The SMILES string of the molecule is Clc1cc(Cl)c2oc3cccc(-c4nc(-c5ccccc5)nc(-c5ccccc5)n4)c3c2c1.OB(O)c1cccc2c1sc1ccccc12.c1ccc(-c2nc(-c3ccccc3)nc(-c3cccc4oc5c(-c6cccc7c6sc6ccccc67)cc(-c6cccc7c6sc6ccccc67)cc5c34)n2)cc1. The molecule has 21 aromatic rings. The number of thiophene rings is 3. The summed E-state index contributed by atoms with van der Waals surface area (Å²) in [4.78, 5) is 29.8. The van der Waals surface area contributed by atoms with E-state index in [1.807, 2.05) is 205 Å². The molecule has 106 heavy (non-hydrogen) atoms. The Kier molecular flexibility index (Phi) is 16.6. The van der Waals surface area contributed by atoms with E-state index in [0.717, 1.165) is 92.9 Å². The van der Waals surface area contributed by atoms with Gasteiger partial charge in [-0.1, -0.05) is 278 Å². The summed E-state index contributed by atoms with van der Waals surface area (Å²) in [5.74, 6) is 3.59. The molecule has 10 nitrogen and oxygen atoms in total. The van der Waals surface area contributed by atoms with Crippen molar-refractivity contribution < 1.29 is 18.9 Å². The van der Waals surface area contributed by atoms with Crippen LogP contribution in [0.1, 0.15) is 0 Å². The summed E-state index contributed by atoms with van der Waals surface area (Å²) in [7, 11) is -1.41. The van der Waals surface area contributed by atoms with Crippen LogP contribution in [-0.2, 0) is 0 Å². The number of hydrogen-bond acceptors (Lipinski definition) is 13. The molecule has 0 saturated carbocycles. The predicted octanol–water partition coefficient (Wildman–Crippen LogP) is 24.7. The number of halogens is 2. The maximum atomic E-state index is 9.31. The van der Waals surface area contributed by atoms with Crippen LogP contribution < -0.4 is 5.46 Å². The summed E-state index contributed by atoms with van der Waals surface area (Å²) < 4.78 is 20.3. The van der Waals surface area contributed by atoms with Crippen LogP contribution in [0, 0.1) is 0 Å². The molecule has 7 heterocycles. The normalized spacial score (nSPS) is 11.6. The summed E-state index contributed by atoms with van der Waals surface area (Å²) in [6.45, 7) is 0. The zero-order chi connectivity index (χ0) is 70.9. The third-order valence-electron chi connectivity index (χ3n) is 19.1. The molecule has 16 heteroatoms. The Bertz CT molecular complexity index is 6880. The highest BCUT2D eigenvalue weighted by Gasteiger charge is 2.26. The van der Waals surface area contributed by atoms with Gasteiger partial charge in [-0.2, -0.15) is 0 Å². The van der Waals surface area contributed by atoms with Crippen LogP contribution in [0.2, 0.25) is 10.0 Å². The largest absolute Gasteiger partial charge is 0.489 e. The molecule has 14 aromatic carbocycles. The highest BCUT2D eigenvalue weighted by atomic mass is 35.5. The van der Waals surface area contributed by atoms with Crippen LogP contribution in [0.25, 0.3) is 195 Å². The Morgan fingerprint density at radius 2 is 0.632 bits per heavy atom. The van der Waals surface area contributed by atoms with Gasteiger partial charge in [0, 0.05) is 126 Å². The number of nitrogens with zero attached hydrogens (tertiary/aromatic N) is 6. The van der Waals surface area contributed by atoms with Crippen molar-refractivity contribution in [2.45, 2.75) is 0 Å². The molecular weight excluding hydrogens is 1410 g/mol. The second kappa shape index (κ2) is 27.2. The lowest BCUT2D eigenvalue weighted by molar-refractivity contribution is 0.426. The van der Waals surface area contributed by atoms with E-state index in [0.29, 0.717) is 61.6 Å². The summed E-state index contributed by atoms with van der Waals surface area (Å²) in [5, 5.41) is 30.6. The Balaban J connectivity index is 0.000000131. The maximum Gasteiger partial charge on any atom is 0.489 e. The van der Waals surface area contributed by atoms with Gasteiger partial charge in [0.1, 0.15) is 16.7 Å². The molecule has 0 aliphatic rings. The first-order valence-electron chi connectivity index (χ1n) is 34.3. The third kappa shape index (κ3) is 11.7. The van der Waals surface area contributed by atoms with E-state index in [1.165, 1.54) is 56.0 Å². The van der Waals surface area contributed by atoms with Gasteiger partial charge in [-0.15, -0.1) is 34.0 Å². The van der Waals surface area contributed by atoms with E-state index in [1.54, 1.807) is 23.5 Å². The fourth-order valence-electron chi connectivity index (χ4n) is 14.3. The fourth-order valence-corrected chi connectivity index (χ4v) is 18.5. The molecule has 0 spiro atoms. The van der Waals surface area contributed by atoms with Crippen molar-refractivity contribution in [2.24, 2.45) is 0 Å². The van der Waals surface area contributed by atoms with E-state index in [9.17, 15) is 10.0 Å². The number of furan rings is 2. The predicted molar refractivity (Wildman–Crippen MR) is 443 cm³/mol. The molecule has 7 aromatic heterocycles. The Morgan fingerprint density at radius 3 is 1.10 bits per heavy atom. The first-order chi connectivity index (χ1) is 52.2. The lowest BCUT2D eigenvalue weighted by atomic mass is 9.80. The summed E-state index contributed by atoms with van der Waals surface area (Å²) in [6.07, 6.45) is 0. The number of aromatic nitrogens is 6. The number of hydrogen-bond donors (Lipinski definition) is 2. The van der Waals surface area contributed by atoms with Crippen LogP contribution in [0.3, 0.4) is 0 Å². The minimum atomic E-state index is -1.41. The molecule has 0 bridgehead atoms. The van der Waals surface area contributed by atoms with Gasteiger partial charge in [0.25, 0.3) is 0 Å². The summed E-state index contributed by atoms with van der Waals surface area (Å²) in [6, 6.07) is 105. The standard InChI is InChI=1S/C51H29N3OS2.C27H15Cl2N3O.C12H9BO2S/c1-3-14-30(15-4-1)49-52-50(31-16-5-2-6-17-31)54-51(53-49)39-24-13-25-42-45(39)41-29-32(33-20-11-21-36-34-18-7-9-26-43(34)56-47(33)36)28-40(46(41)55-42)38-23-12-22-37-35-19-8-10-27-44(35)57-48(37)38;28-18-14-20-23-19(12-7-13-22(23)33-24(20)21(29)15-18)27-31-25(16-8-3-1-4-9-16)30-26(32-27)17-10-5-2-6-11-17;14-13(15)10-6-3-5-9-8-4-1-2-7-11(8)16-12(9)10/h1-29H;1-15H;1-7,14-15H. The van der Waals surface area contributed by atoms with Gasteiger partial charge in [0.05, 0.1) is 5.02 Å². The fraction of sp³-hybridized carbons (Fsp3) is 0. The second-order valence-electron chi connectivity index (χ2n) is 25.6. The van der Waals surface area contributed by atoms with Crippen LogP contribution in [-0.4, -0.2) is 47.1 Å². The van der Waals surface area contributed by atoms with E-state index in [-0.39, 0.29) is 0 Å². The van der Waals surface area contributed by atoms with Gasteiger partial charge in [0.15, 0.2) is 40.5 Å². The van der Waals surface area contributed by atoms with Gasteiger partial charge in [-0.25, -0.2) is 29.9 Å². The first-order valence-corrected chi connectivity index (χ1v) is 37.5. The van der Waals surface area contributed by atoms with Crippen LogP contribution >= 0.6 is 57.2 Å². The molecular formula is C90H53BCl2N6O4S3. The number of rotatable bonds is 9. The smallest absolute Gasteiger partial charge is 0.455 e. The average Bonchev–Trinajstić information content (AvgIpc) is 1.56. The van der Waals surface area contributed by atoms with Crippen molar-refractivity contribution in [3.8, 4) is 90.6 Å². The van der Waals surface area contributed by atoms with E-state index in [4.69, 9.17) is 61.9 Å². The van der Waals surface area contributed by atoms with Crippen molar-refractivity contribution in [3.63, 3.8) is 0 Å². The van der Waals surface area contributed by atoms with Crippen molar-refractivity contribution in [3.05, 3.63) is 319 Å². The molecule has 0 aliphatic heterocycles. The van der Waals surface area contributed by atoms with Gasteiger partial charge < -0.3 is 18.9 Å². The van der Waals surface area contributed by atoms with Gasteiger partial charge >= 0.3 is 7.12 Å². The molecule has 0 saturated heterocycles. The lowest BCUT2D eigenvalue weighted by Crippen LogP contribution is -2.29. The molecule has 21 rings (SSSR count). The van der Waals surface area contributed by atoms with Crippen LogP contribution in [0.4, 0.5) is 0 Å². The quantitative estimate of drug-likeness (QED) is 0.134. The summed E-state index contributed by atoms with van der Waals surface area (Å²) in [5.41, 5.74) is 13.4. The van der Waals surface area contributed by atoms with Gasteiger partial charge in [-0.3, -0.25) is 0 Å². The molecule has 502 valence electrons. The minimum absolute atomic E-state index is 0.463. The van der Waals surface area contributed by atoms with Gasteiger partial charge in [-0.05, 0) is 76.6 Å². The molecule has 0 radical (unpaired) electrons.